The van der Waals surface area contributed by atoms with Crippen molar-refractivity contribution in [2.45, 2.75) is 46.6 Å². The smallest absolute Gasteiger partial charge is 0.260 e. The molecule has 3 rings (SSSR count). The lowest BCUT2D eigenvalue weighted by molar-refractivity contribution is -0.132. The van der Waals surface area contributed by atoms with Gasteiger partial charge in [-0.1, -0.05) is 0 Å². The largest absolute Gasteiger partial charge is 0.484 e. The fraction of sp³-hybridized carbons (Fsp3) is 0.417. The highest BCUT2D eigenvalue weighted by Gasteiger charge is 2.18. The maximum Gasteiger partial charge on any atom is 0.260 e. The summed E-state index contributed by atoms with van der Waals surface area (Å²) in [7, 11) is 0. The second kappa shape index (κ2) is 9.12. The van der Waals surface area contributed by atoms with E-state index in [-0.39, 0.29) is 18.3 Å². The average Bonchev–Trinajstić information content (AvgIpc) is 3.32. The van der Waals surface area contributed by atoms with Crippen molar-refractivity contribution in [1.29, 1.82) is 0 Å². The number of likely N-dealkylation sites (tertiary alicyclic amines) is 1. The molecule has 1 aromatic heterocycles. The Kier molecular flexibility index (Phi) is 6.57. The first kappa shape index (κ1) is 20.9. The zero-order valence-electron chi connectivity index (χ0n) is 17.8. The van der Waals surface area contributed by atoms with E-state index in [4.69, 9.17) is 4.74 Å². The molecule has 2 heterocycles. The molecule has 1 saturated heterocycles. The number of rotatable bonds is 7. The number of aromatic nitrogens is 1. The summed E-state index contributed by atoms with van der Waals surface area (Å²) in [5.74, 6) is 0.558. The quantitative estimate of drug-likeness (QED) is 0.510. The van der Waals surface area contributed by atoms with Gasteiger partial charge in [0.15, 0.2) is 12.4 Å². The second-order valence-electron chi connectivity index (χ2n) is 7.89. The van der Waals surface area contributed by atoms with Crippen molar-refractivity contribution in [3.05, 3.63) is 58.9 Å². The van der Waals surface area contributed by atoms with Crippen LogP contribution < -0.4 is 4.74 Å². The Balaban J connectivity index is 1.59. The summed E-state index contributed by atoms with van der Waals surface area (Å²) in [5.41, 5.74) is 4.00. The number of hydrogen-bond acceptors (Lipinski definition) is 3. The fourth-order valence-corrected chi connectivity index (χ4v) is 3.95. The molecule has 0 aliphatic carbocycles. The summed E-state index contributed by atoms with van der Waals surface area (Å²) >= 11 is 0. The summed E-state index contributed by atoms with van der Waals surface area (Å²) in [6.07, 6.45) is 5.62. The average molecular weight is 395 g/mol. The first-order chi connectivity index (χ1) is 13.9. The van der Waals surface area contributed by atoms with E-state index in [1.165, 1.54) is 5.69 Å². The van der Waals surface area contributed by atoms with Crippen LogP contribution in [0.15, 0.2) is 36.4 Å². The van der Waals surface area contributed by atoms with E-state index in [0.717, 1.165) is 37.2 Å². The predicted molar refractivity (Wildman–Crippen MR) is 115 cm³/mol. The molecule has 0 saturated carbocycles. The van der Waals surface area contributed by atoms with E-state index in [2.05, 4.69) is 38.3 Å². The van der Waals surface area contributed by atoms with E-state index in [9.17, 15) is 9.59 Å². The van der Waals surface area contributed by atoms with Gasteiger partial charge in [0.1, 0.15) is 5.75 Å². The Hall–Kier alpha value is -2.82. The molecule has 29 heavy (non-hydrogen) atoms. The Labute approximate surface area is 173 Å². The molecule has 0 radical (unpaired) electrons. The Morgan fingerprint density at radius 2 is 1.76 bits per heavy atom. The van der Waals surface area contributed by atoms with Crippen molar-refractivity contribution >= 4 is 17.8 Å². The van der Waals surface area contributed by atoms with Gasteiger partial charge in [-0.15, -0.1) is 0 Å². The standard InChI is InChI=1S/C24H30N2O3/c1-17(2)26-18(3)15-21(19(26)4)9-12-23(27)20-7-10-22(11-8-20)29-16-24(28)25-13-5-6-14-25/h7-12,15,17H,5-6,13-14,16H2,1-4H3/b12-9+. The Morgan fingerprint density at radius 3 is 2.34 bits per heavy atom. The van der Waals surface area contributed by atoms with E-state index in [1.54, 1.807) is 30.3 Å². The molecule has 5 heteroatoms. The molecule has 1 aliphatic rings. The van der Waals surface area contributed by atoms with Gasteiger partial charge in [0, 0.05) is 36.1 Å². The van der Waals surface area contributed by atoms with Crippen LogP contribution >= 0.6 is 0 Å². The third-order valence-corrected chi connectivity index (χ3v) is 5.41. The maximum absolute atomic E-state index is 12.5. The van der Waals surface area contributed by atoms with Crippen LogP contribution in [0.4, 0.5) is 0 Å². The van der Waals surface area contributed by atoms with Crippen LogP contribution in [0.3, 0.4) is 0 Å². The van der Waals surface area contributed by atoms with Crippen LogP contribution in [0.25, 0.3) is 6.08 Å². The number of ketones is 1. The van der Waals surface area contributed by atoms with Crippen molar-refractivity contribution in [3.63, 3.8) is 0 Å². The minimum atomic E-state index is -0.0564. The van der Waals surface area contributed by atoms with Crippen LogP contribution in [0.1, 0.15) is 60.0 Å². The van der Waals surface area contributed by atoms with Gasteiger partial charge >= 0.3 is 0 Å². The molecule has 0 spiro atoms. The molecular weight excluding hydrogens is 364 g/mol. The third-order valence-electron chi connectivity index (χ3n) is 5.41. The number of allylic oxidation sites excluding steroid dienone is 1. The first-order valence-corrected chi connectivity index (χ1v) is 10.3. The van der Waals surface area contributed by atoms with Gasteiger partial charge in [-0.3, -0.25) is 9.59 Å². The van der Waals surface area contributed by atoms with E-state index in [0.29, 0.717) is 17.4 Å². The van der Waals surface area contributed by atoms with Gasteiger partial charge < -0.3 is 14.2 Å². The van der Waals surface area contributed by atoms with Crippen molar-refractivity contribution in [1.82, 2.24) is 9.47 Å². The molecule has 0 bridgehead atoms. The normalized spacial score (nSPS) is 14.2. The number of carbonyl (C=O) groups is 2. The van der Waals surface area contributed by atoms with Gasteiger partial charge in [-0.2, -0.15) is 0 Å². The van der Waals surface area contributed by atoms with E-state index < -0.39 is 0 Å². The topological polar surface area (TPSA) is 51.5 Å². The van der Waals surface area contributed by atoms with Crippen LogP contribution in [-0.2, 0) is 4.79 Å². The van der Waals surface area contributed by atoms with E-state index in [1.807, 2.05) is 11.0 Å². The van der Waals surface area contributed by atoms with Gasteiger partial charge in [0.25, 0.3) is 5.91 Å². The molecule has 2 aromatic rings. The summed E-state index contributed by atoms with van der Waals surface area (Å²) in [5, 5.41) is 0. The maximum atomic E-state index is 12.5. The van der Waals surface area contributed by atoms with Crippen molar-refractivity contribution < 1.29 is 14.3 Å². The van der Waals surface area contributed by atoms with Crippen molar-refractivity contribution in [3.8, 4) is 5.75 Å². The molecule has 1 amide bonds. The lowest BCUT2D eigenvalue weighted by atomic mass is 10.1. The lowest BCUT2D eigenvalue weighted by Gasteiger charge is -2.15. The number of carbonyl (C=O) groups excluding carboxylic acids is 2. The van der Waals surface area contributed by atoms with Gasteiger partial charge in [0.05, 0.1) is 0 Å². The van der Waals surface area contributed by atoms with Crippen LogP contribution in [0.5, 0.6) is 5.75 Å². The molecule has 1 fully saturated rings. The molecule has 1 aliphatic heterocycles. The number of nitrogens with zero attached hydrogens (tertiary/aromatic N) is 2. The Morgan fingerprint density at radius 1 is 1.10 bits per heavy atom. The minimum Gasteiger partial charge on any atom is -0.484 e. The summed E-state index contributed by atoms with van der Waals surface area (Å²) in [6, 6.07) is 9.44. The molecule has 1 aromatic carbocycles. The number of amides is 1. The monoisotopic (exact) mass is 394 g/mol. The summed E-state index contributed by atoms with van der Waals surface area (Å²) in [4.78, 5) is 26.4. The zero-order chi connectivity index (χ0) is 21.0. The second-order valence-corrected chi connectivity index (χ2v) is 7.89. The molecular formula is C24H30N2O3. The summed E-state index contributed by atoms with van der Waals surface area (Å²) in [6.45, 7) is 10.1. The van der Waals surface area contributed by atoms with Gasteiger partial charge in [0.2, 0.25) is 0 Å². The number of hydrogen-bond donors (Lipinski definition) is 0. The van der Waals surface area contributed by atoms with Gasteiger partial charge in [-0.25, -0.2) is 0 Å². The highest BCUT2D eigenvalue weighted by atomic mass is 16.5. The Bertz CT molecular complexity index is 901. The molecule has 5 nitrogen and oxygen atoms in total. The lowest BCUT2D eigenvalue weighted by Crippen LogP contribution is -2.32. The van der Waals surface area contributed by atoms with Crippen LogP contribution in [0.2, 0.25) is 0 Å². The van der Waals surface area contributed by atoms with Gasteiger partial charge in [-0.05, 0) is 88.6 Å². The van der Waals surface area contributed by atoms with Crippen molar-refractivity contribution in [2.75, 3.05) is 19.7 Å². The zero-order valence-corrected chi connectivity index (χ0v) is 17.8. The van der Waals surface area contributed by atoms with Crippen molar-refractivity contribution in [2.24, 2.45) is 0 Å². The molecule has 0 atom stereocenters. The third kappa shape index (κ3) is 4.97. The molecule has 0 unspecified atom stereocenters. The highest BCUT2D eigenvalue weighted by molar-refractivity contribution is 6.06. The van der Waals surface area contributed by atoms with Crippen LogP contribution in [0, 0.1) is 13.8 Å². The number of ether oxygens (including phenoxy) is 1. The first-order valence-electron chi connectivity index (χ1n) is 10.3. The summed E-state index contributed by atoms with van der Waals surface area (Å²) < 4.78 is 7.84. The minimum absolute atomic E-state index is 0.0181. The fourth-order valence-electron chi connectivity index (χ4n) is 3.95. The number of aryl methyl sites for hydroxylation is 1. The van der Waals surface area contributed by atoms with Crippen LogP contribution in [-0.4, -0.2) is 40.9 Å². The number of benzene rings is 1. The molecule has 154 valence electrons. The highest BCUT2D eigenvalue weighted by Crippen LogP contribution is 2.21. The van der Waals surface area contributed by atoms with E-state index >= 15 is 0 Å². The predicted octanol–water partition coefficient (Wildman–Crippen LogP) is 4.58. The molecule has 0 N–H and O–H groups in total. The SMILES string of the molecule is Cc1cc(/C=C/C(=O)c2ccc(OCC(=O)N3CCCC3)cc2)c(C)n1C(C)C.